The fourth-order valence-electron chi connectivity index (χ4n) is 4.07. The summed E-state index contributed by atoms with van der Waals surface area (Å²) in [6.45, 7) is 6.67. The van der Waals surface area contributed by atoms with Crippen LogP contribution >= 0.6 is 0 Å². The summed E-state index contributed by atoms with van der Waals surface area (Å²) in [4.78, 5) is 14.5. The highest BCUT2D eigenvalue weighted by Crippen LogP contribution is 2.36. The number of H-pyrrole nitrogens is 1. The summed E-state index contributed by atoms with van der Waals surface area (Å²) in [5.41, 5.74) is 7.26. The molecular formula is C27H27NO4. The number of aromatic amines is 1. The number of nitrogens with one attached hydrogen (secondary N) is 1. The zero-order valence-electron chi connectivity index (χ0n) is 18.6. The minimum absolute atomic E-state index is 0.278. The number of rotatable bonds is 7. The van der Waals surface area contributed by atoms with E-state index in [1.807, 2.05) is 50.2 Å². The van der Waals surface area contributed by atoms with Crippen molar-refractivity contribution in [1.29, 1.82) is 0 Å². The molecule has 5 nitrogen and oxygen atoms in total. The molecule has 5 heteroatoms. The summed E-state index contributed by atoms with van der Waals surface area (Å²) in [6, 6.07) is 20.3. The van der Waals surface area contributed by atoms with Crippen LogP contribution in [0.4, 0.5) is 4.79 Å². The highest BCUT2D eigenvalue weighted by atomic mass is 16.7. The van der Waals surface area contributed by atoms with E-state index in [1.54, 1.807) is 0 Å². The van der Waals surface area contributed by atoms with Gasteiger partial charge in [-0.15, -0.1) is 0 Å². The lowest BCUT2D eigenvalue weighted by Crippen LogP contribution is -2.06. The monoisotopic (exact) mass is 429 g/mol. The first kappa shape index (κ1) is 21.5. The Kier molecular flexibility index (Phi) is 6.17. The molecule has 0 bridgehead atoms. The van der Waals surface area contributed by atoms with E-state index in [0.29, 0.717) is 13.0 Å². The Bertz CT molecular complexity index is 1270. The molecule has 3 aromatic carbocycles. The number of ether oxygens (including phenoxy) is 2. The molecule has 1 aromatic heterocycles. The quantitative estimate of drug-likeness (QED) is 0.249. The Morgan fingerprint density at radius 3 is 2.50 bits per heavy atom. The average molecular weight is 430 g/mol. The minimum Gasteiger partial charge on any atom is -0.493 e. The number of hydrogen-bond donors (Lipinski definition) is 2. The predicted molar refractivity (Wildman–Crippen MR) is 127 cm³/mol. The molecule has 164 valence electrons. The predicted octanol–water partition coefficient (Wildman–Crippen LogP) is 6.83. The normalized spacial score (nSPS) is 11.0. The van der Waals surface area contributed by atoms with Crippen molar-refractivity contribution in [2.75, 3.05) is 6.61 Å². The van der Waals surface area contributed by atoms with Gasteiger partial charge in [0.2, 0.25) is 5.88 Å². The summed E-state index contributed by atoms with van der Waals surface area (Å²) in [7, 11) is 0. The van der Waals surface area contributed by atoms with Crippen LogP contribution in [-0.2, 0) is 6.42 Å². The maximum absolute atomic E-state index is 11.3. The third-order valence-corrected chi connectivity index (χ3v) is 5.70. The number of aromatic nitrogens is 1. The third kappa shape index (κ3) is 4.47. The van der Waals surface area contributed by atoms with Gasteiger partial charge in [0.15, 0.2) is 0 Å². The zero-order chi connectivity index (χ0) is 22.7. The first-order valence-corrected chi connectivity index (χ1v) is 10.7. The molecule has 0 aliphatic carbocycles. The highest BCUT2D eigenvalue weighted by Gasteiger charge is 2.18. The number of aryl methyl sites for hydroxylation is 4. The molecule has 0 aliphatic rings. The average Bonchev–Trinajstić information content (AvgIpc) is 3.10. The van der Waals surface area contributed by atoms with Gasteiger partial charge in [-0.25, -0.2) is 4.79 Å². The van der Waals surface area contributed by atoms with Crippen molar-refractivity contribution in [3.8, 4) is 22.8 Å². The maximum Gasteiger partial charge on any atom is 0.512 e. The molecule has 0 saturated heterocycles. The molecule has 2 N–H and O–H groups in total. The fraction of sp³-hybridized carbons (Fsp3) is 0.222. The Morgan fingerprint density at radius 1 is 0.938 bits per heavy atom. The first-order chi connectivity index (χ1) is 15.4. The lowest BCUT2D eigenvalue weighted by atomic mass is 9.97. The molecule has 0 unspecified atom stereocenters. The van der Waals surface area contributed by atoms with Crippen LogP contribution in [0.5, 0.6) is 11.6 Å². The van der Waals surface area contributed by atoms with Gasteiger partial charge in [0.05, 0.1) is 12.1 Å². The van der Waals surface area contributed by atoms with E-state index in [9.17, 15) is 9.90 Å². The molecule has 1 heterocycles. The van der Waals surface area contributed by atoms with Crippen molar-refractivity contribution in [3.63, 3.8) is 0 Å². The summed E-state index contributed by atoms with van der Waals surface area (Å²) >= 11 is 0. The molecule has 32 heavy (non-hydrogen) atoms. The smallest absolute Gasteiger partial charge is 0.493 e. The second-order valence-corrected chi connectivity index (χ2v) is 8.06. The van der Waals surface area contributed by atoms with Gasteiger partial charge in [-0.1, -0.05) is 54.6 Å². The van der Waals surface area contributed by atoms with E-state index in [1.165, 1.54) is 0 Å². The van der Waals surface area contributed by atoms with Crippen molar-refractivity contribution in [2.24, 2.45) is 0 Å². The number of carbonyl (C=O) groups is 1. The fourth-order valence-corrected chi connectivity index (χ4v) is 4.07. The van der Waals surface area contributed by atoms with Crippen molar-refractivity contribution in [1.82, 2.24) is 4.98 Å². The maximum atomic E-state index is 11.3. The SMILES string of the molecule is Cc1ccc(C)c(OCCCc2c(OC(=O)O)[nH]c3c(-c4ccccc4C)cccc23)c1. The highest BCUT2D eigenvalue weighted by molar-refractivity contribution is 5.98. The minimum atomic E-state index is -1.33. The van der Waals surface area contributed by atoms with Crippen LogP contribution in [0.15, 0.2) is 60.7 Å². The van der Waals surface area contributed by atoms with Gasteiger partial charge in [0.25, 0.3) is 0 Å². The van der Waals surface area contributed by atoms with Crippen LogP contribution < -0.4 is 9.47 Å². The Labute approximate surface area is 187 Å². The van der Waals surface area contributed by atoms with Crippen molar-refractivity contribution in [2.45, 2.75) is 33.6 Å². The molecule has 0 saturated carbocycles. The summed E-state index contributed by atoms with van der Waals surface area (Å²) in [6.07, 6.45) is 0.0252. The van der Waals surface area contributed by atoms with E-state index in [4.69, 9.17) is 9.47 Å². The van der Waals surface area contributed by atoms with Crippen LogP contribution in [0, 0.1) is 20.8 Å². The zero-order valence-corrected chi connectivity index (χ0v) is 18.6. The molecule has 0 radical (unpaired) electrons. The third-order valence-electron chi connectivity index (χ3n) is 5.70. The van der Waals surface area contributed by atoms with Crippen LogP contribution in [-0.4, -0.2) is 22.9 Å². The number of hydrogen-bond acceptors (Lipinski definition) is 3. The number of benzene rings is 3. The summed E-state index contributed by atoms with van der Waals surface area (Å²) in [5.74, 6) is 1.16. The van der Waals surface area contributed by atoms with E-state index >= 15 is 0 Å². The van der Waals surface area contributed by atoms with E-state index in [2.05, 4.69) is 36.2 Å². The van der Waals surface area contributed by atoms with Crippen molar-refractivity contribution < 1.29 is 19.4 Å². The lowest BCUT2D eigenvalue weighted by molar-refractivity contribution is 0.142. The molecule has 0 amide bonds. The second-order valence-electron chi connectivity index (χ2n) is 8.06. The Hall–Kier alpha value is -3.73. The lowest BCUT2D eigenvalue weighted by Gasteiger charge is -2.10. The molecule has 0 aliphatic heterocycles. The standard InChI is InChI=1S/C27H27NO4/c1-17-13-14-19(3)24(16-17)31-15-7-12-23-22-11-6-10-21(20-9-5-4-8-18(20)2)25(22)28-26(23)32-27(29)30/h4-6,8-11,13-14,16,28H,7,12,15H2,1-3H3,(H,29,30). The van der Waals surface area contributed by atoms with Crippen LogP contribution in [0.25, 0.3) is 22.0 Å². The molecule has 4 rings (SSSR count). The van der Waals surface area contributed by atoms with Crippen LogP contribution in [0.1, 0.15) is 28.7 Å². The van der Waals surface area contributed by atoms with Crippen molar-refractivity contribution >= 4 is 17.1 Å². The molecule has 0 fully saturated rings. The second kappa shape index (κ2) is 9.18. The number of fused-ring (bicyclic) bond motifs is 1. The van der Waals surface area contributed by atoms with E-state index in [0.717, 1.165) is 56.5 Å². The van der Waals surface area contributed by atoms with E-state index in [-0.39, 0.29) is 5.88 Å². The first-order valence-electron chi connectivity index (χ1n) is 10.7. The Morgan fingerprint density at radius 2 is 1.72 bits per heavy atom. The van der Waals surface area contributed by atoms with Gasteiger partial charge in [-0.3, -0.25) is 0 Å². The topological polar surface area (TPSA) is 71.6 Å². The van der Waals surface area contributed by atoms with Gasteiger partial charge in [0.1, 0.15) is 5.75 Å². The van der Waals surface area contributed by atoms with Gasteiger partial charge >= 0.3 is 6.16 Å². The van der Waals surface area contributed by atoms with Gasteiger partial charge in [0, 0.05) is 16.5 Å². The van der Waals surface area contributed by atoms with Crippen LogP contribution in [0.3, 0.4) is 0 Å². The molecule has 0 atom stereocenters. The van der Waals surface area contributed by atoms with Gasteiger partial charge < -0.3 is 19.6 Å². The van der Waals surface area contributed by atoms with Crippen LogP contribution in [0.2, 0.25) is 0 Å². The number of carboxylic acid groups (broad SMARTS) is 1. The Balaban J connectivity index is 1.62. The largest absolute Gasteiger partial charge is 0.512 e. The van der Waals surface area contributed by atoms with Gasteiger partial charge in [-0.05, 0) is 61.9 Å². The molecule has 0 spiro atoms. The summed E-state index contributed by atoms with van der Waals surface area (Å²) in [5, 5.41) is 10.2. The number of para-hydroxylation sites is 1. The molecule has 4 aromatic rings. The molecular weight excluding hydrogens is 402 g/mol. The van der Waals surface area contributed by atoms with E-state index < -0.39 is 6.16 Å². The van der Waals surface area contributed by atoms with Gasteiger partial charge in [-0.2, -0.15) is 0 Å². The summed E-state index contributed by atoms with van der Waals surface area (Å²) < 4.78 is 11.1. The van der Waals surface area contributed by atoms with Crippen molar-refractivity contribution in [3.05, 3.63) is 82.9 Å².